The number of rotatable bonds is 4. The summed E-state index contributed by atoms with van der Waals surface area (Å²) in [7, 11) is -2.17. The predicted octanol–water partition coefficient (Wildman–Crippen LogP) is 0.940. The number of hydrogen-bond acceptors (Lipinski definition) is 3. The molecule has 1 atom stereocenters. The van der Waals surface area contributed by atoms with Crippen molar-refractivity contribution in [3.8, 4) is 0 Å². The lowest BCUT2D eigenvalue weighted by molar-refractivity contribution is 0.448. The molecular weight excluding hydrogens is 238 g/mol. The van der Waals surface area contributed by atoms with Crippen LogP contribution in [0.1, 0.15) is 12.5 Å². The van der Waals surface area contributed by atoms with Crippen LogP contribution in [-0.4, -0.2) is 31.6 Å². The van der Waals surface area contributed by atoms with Crippen LogP contribution in [0, 0.1) is 12.3 Å². The van der Waals surface area contributed by atoms with Gasteiger partial charge in [0.1, 0.15) is 5.84 Å². The van der Waals surface area contributed by atoms with Crippen LogP contribution in [0.2, 0.25) is 0 Å². The average Bonchev–Trinajstić information content (AvgIpc) is 2.26. The largest absolute Gasteiger partial charge is 0.386 e. The second kappa shape index (κ2) is 4.85. The van der Waals surface area contributed by atoms with Gasteiger partial charge in [0, 0.05) is 7.05 Å². The van der Waals surface area contributed by atoms with Crippen molar-refractivity contribution in [3.63, 3.8) is 0 Å². The van der Waals surface area contributed by atoms with Gasteiger partial charge in [0.05, 0.1) is 10.9 Å². The fourth-order valence-electron chi connectivity index (χ4n) is 1.35. The van der Waals surface area contributed by atoms with E-state index < -0.39 is 16.1 Å². The van der Waals surface area contributed by atoms with Crippen LogP contribution in [0.3, 0.4) is 0 Å². The monoisotopic (exact) mass is 255 g/mol. The highest BCUT2D eigenvalue weighted by atomic mass is 32.2. The lowest BCUT2D eigenvalue weighted by atomic mass is 10.2. The molecule has 1 aromatic carbocycles. The summed E-state index contributed by atoms with van der Waals surface area (Å²) >= 11 is 0. The molecule has 0 aliphatic carbocycles. The molecule has 17 heavy (non-hydrogen) atoms. The predicted molar refractivity (Wildman–Crippen MR) is 67.5 cm³/mol. The molecule has 0 aromatic heterocycles. The third kappa shape index (κ3) is 2.83. The molecule has 0 aliphatic rings. The summed E-state index contributed by atoms with van der Waals surface area (Å²) in [6.07, 6.45) is 0. The minimum Gasteiger partial charge on any atom is -0.386 e. The lowest BCUT2D eigenvalue weighted by Crippen LogP contribution is -2.43. The Kier molecular flexibility index (Phi) is 3.90. The number of nitrogens with one attached hydrogen (secondary N) is 1. The third-order valence-electron chi connectivity index (χ3n) is 2.66. The van der Waals surface area contributed by atoms with Crippen molar-refractivity contribution in [2.24, 2.45) is 5.73 Å². The molecule has 1 unspecified atom stereocenters. The van der Waals surface area contributed by atoms with Crippen molar-refractivity contribution in [1.82, 2.24) is 4.31 Å². The van der Waals surface area contributed by atoms with E-state index in [1.54, 1.807) is 19.1 Å². The third-order valence-corrected chi connectivity index (χ3v) is 4.59. The molecule has 0 amide bonds. The van der Waals surface area contributed by atoms with Gasteiger partial charge >= 0.3 is 0 Å². The van der Waals surface area contributed by atoms with Crippen molar-refractivity contribution >= 4 is 15.9 Å². The first-order valence-electron chi connectivity index (χ1n) is 5.15. The first-order chi connectivity index (χ1) is 7.76. The topological polar surface area (TPSA) is 87.2 Å². The fraction of sp³-hybridized carbons (Fsp3) is 0.364. The highest BCUT2D eigenvalue weighted by Gasteiger charge is 2.26. The van der Waals surface area contributed by atoms with E-state index >= 15 is 0 Å². The van der Waals surface area contributed by atoms with Crippen molar-refractivity contribution in [3.05, 3.63) is 29.8 Å². The number of likely N-dealkylation sites (N-methyl/N-ethyl adjacent to an activating group) is 1. The summed E-state index contributed by atoms with van der Waals surface area (Å²) in [5, 5.41) is 7.29. The van der Waals surface area contributed by atoms with Gasteiger partial charge in [-0.25, -0.2) is 8.42 Å². The van der Waals surface area contributed by atoms with Crippen LogP contribution < -0.4 is 5.73 Å². The molecule has 1 aromatic rings. The van der Waals surface area contributed by atoms with Crippen LogP contribution in [0.25, 0.3) is 0 Å². The Morgan fingerprint density at radius 2 is 2.06 bits per heavy atom. The van der Waals surface area contributed by atoms with Gasteiger partial charge in [-0.15, -0.1) is 0 Å². The van der Waals surface area contributed by atoms with E-state index in [0.29, 0.717) is 0 Å². The Bertz CT molecular complexity index is 525. The molecule has 94 valence electrons. The number of hydrogen-bond donors (Lipinski definition) is 2. The summed E-state index contributed by atoms with van der Waals surface area (Å²) < 4.78 is 25.5. The van der Waals surface area contributed by atoms with Gasteiger partial charge in [0.25, 0.3) is 0 Å². The maximum Gasteiger partial charge on any atom is 0.243 e. The number of nitrogens with zero attached hydrogens (tertiary/aromatic N) is 1. The number of sulfonamides is 1. The molecule has 0 saturated heterocycles. The molecule has 0 saturated carbocycles. The second-order valence-electron chi connectivity index (χ2n) is 3.97. The van der Waals surface area contributed by atoms with Crippen molar-refractivity contribution in [1.29, 1.82) is 5.41 Å². The minimum absolute atomic E-state index is 0.177. The number of aryl methyl sites for hydroxylation is 1. The fourth-order valence-corrected chi connectivity index (χ4v) is 2.79. The highest BCUT2D eigenvalue weighted by Crippen LogP contribution is 2.17. The van der Waals surface area contributed by atoms with E-state index in [0.717, 1.165) is 9.87 Å². The zero-order chi connectivity index (χ0) is 13.2. The summed E-state index contributed by atoms with van der Waals surface area (Å²) in [5.41, 5.74) is 6.19. The minimum atomic E-state index is -3.59. The van der Waals surface area contributed by atoms with E-state index in [9.17, 15) is 8.42 Å². The molecule has 0 aliphatic heterocycles. The van der Waals surface area contributed by atoms with Crippen LogP contribution in [0.15, 0.2) is 29.2 Å². The van der Waals surface area contributed by atoms with Crippen LogP contribution in [0.5, 0.6) is 0 Å². The van der Waals surface area contributed by atoms with Gasteiger partial charge in [-0.1, -0.05) is 12.1 Å². The second-order valence-corrected chi connectivity index (χ2v) is 5.97. The summed E-state index contributed by atoms with van der Waals surface area (Å²) in [5.74, 6) is -0.177. The van der Waals surface area contributed by atoms with Crippen molar-refractivity contribution in [2.45, 2.75) is 24.8 Å². The highest BCUT2D eigenvalue weighted by molar-refractivity contribution is 7.89. The van der Waals surface area contributed by atoms with Crippen molar-refractivity contribution < 1.29 is 8.42 Å². The first-order valence-corrected chi connectivity index (χ1v) is 6.59. The van der Waals surface area contributed by atoms with Crippen molar-refractivity contribution in [2.75, 3.05) is 7.05 Å². The van der Waals surface area contributed by atoms with E-state index in [1.165, 1.54) is 13.1 Å². The van der Waals surface area contributed by atoms with E-state index in [-0.39, 0.29) is 10.7 Å². The average molecular weight is 255 g/mol. The maximum atomic E-state index is 12.2. The van der Waals surface area contributed by atoms with Gasteiger partial charge in [-0.05, 0) is 31.5 Å². The molecular formula is C11H17N3O2S. The standard InChI is InChI=1S/C11H17N3O2S/c1-8-5-4-6-10(7-8)17(15,16)14(3)9(2)11(12)13/h4-7,9H,1-3H3,(H3,12,13). The van der Waals surface area contributed by atoms with E-state index in [4.69, 9.17) is 11.1 Å². The Morgan fingerprint density at radius 3 is 2.53 bits per heavy atom. The SMILES string of the molecule is Cc1cccc(S(=O)(=O)N(C)C(C)C(=N)N)c1. The summed E-state index contributed by atoms with van der Waals surface area (Å²) in [4.78, 5) is 0.216. The molecule has 0 fully saturated rings. The van der Waals surface area contributed by atoms with Gasteiger partial charge in [-0.2, -0.15) is 4.31 Å². The molecule has 0 heterocycles. The maximum absolute atomic E-state index is 12.2. The number of benzene rings is 1. The first kappa shape index (κ1) is 13.7. The van der Waals surface area contributed by atoms with Gasteiger partial charge in [-0.3, -0.25) is 5.41 Å². The Morgan fingerprint density at radius 1 is 1.47 bits per heavy atom. The van der Waals surface area contributed by atoms with Gasteiger partial charge < -0.3 is 5.73 Å². The van der Waals surface area contributed by atoms with Crippen LogP contribution in [-0.2, 0) is 10.0 Å². The Hall–Kier alpha value is -1.40. The lowest BCUT2D eigenvalue weighted by Gasteiger charge is -2.23. The Labute approximate surface area is 102 Å². The molecule has 3 N–H and O–H groups in total. The molecule has 0 bridgehead atoms. The van der Waals surface area contributed by atoms with Crippen LogP contribution in [0.4, 0.5) is 0 Å². The summed E-state index contributed by atoms with van der Waals surface area (Å²) in [6.45, 7) is 3.41. The molecule has 0 radical (unpaired) electrons. The zero-order valence-corrected chi connectivity index (χ0v) is 11.0. The molecule has 1 rings (SSSR count). The quantitative estimate of drug-likeness (QED) is 0.620. The molecule has 5 nitrogen and oxygen atoms in total. The number of amidine groups is 1. The number of nitrogens with two attached hydrogens (primary N) is 1. The van der Waals surface area contributed by atoms with E-state index in [1.807, 2.05) is 13.0 Å². The van der Waals surface area contributed by atoms with Gasteiger partial charge in [0.15, 0.2) is 0 Å². The summed E-state index contributed by atoms with van der Waals surface area (Å²) in [6, 6.07) is 5.99. The van der Waals surface area contributed by atoms with Gasteiger partial charge in [0.2, 0.25) is 10.0 Å². The Balaban J connectivity index is 3.16. The normalized spacial score (nSPS) is 13.6. The van der Waals surface area contributed by atoms with E-state index in [2.05, 4.69) is 0 Å². The smallest absolute Gasteiger partial charge is 0.243 e. The zero-order valence-electron chi connectivity index (χ0n) is 10.1. The molecule has 6 heteroatoms. The molecule has 0 spiro atoms. The van der Waals surface area contributed by atoms with Crippen LogP contribution >= 0.6 is 0 Å².